The molecule has 14 nitrogen and oxygen atoms in total. The molecular formula is C43H61N5O9. The molecule has 14 heteroatoms. The number of hydroxylamine groups is 2. The Balaban J connectivity index is 2.04. The topological polar surface area (TPSA) is 187 Å². The summed E-state index contributed by atoms with van der Waals surface area (Å²) in [6.07, 6.45) is 15.6. The summed E-state index contributed by atoms with van der Waals surface area (Å²) in [5.41, 5.74) is 4.26. The largest absolute Gasteiger partial charge is 0.508 e. The van der Waals surface area contributed by atoms with E-state index in [1.807, 2.05) is 44.2 Å². The summed E-state index contributed by atoms with van der Waals surface area (Å²) in [4.78, 5) is 73.1. The summed E-state index contributed by atoms with van der Waals surface area (Å²) >= 11 is 0. The van der Waals surface area contributed by atoms with Crippen molar-refractivity contribution in [1.29, 1.82) is 0 Å². The van der Waals surface area contributed by atoms with Crippen LogP contribution >= 0.6 is 0 Å². The minimum atomic E-state index is -1.15. The highest BCUT2D eigenvalue weighted by atomic mass is 16.7. The Morgan fingerprint density at radius 2 is 1.82 bits per heavy atom. The average Bonchev–Trinajstić information content (AvgIpc) is 3.19. The van der Waals surface area contributed by atoms with Crippen molar-refractivity contribution in [2.45, 2.75) is 103 Å². The van der Waals surface area contributed by atoms with Crippen molar-refractivity contribution in [1.82, 2.24) is 26.1 Å². The second-order valence-electron chi connectivity index (χ2n) is 14.9. The molecule has 0 spiro atoms. The van der Waals surface area contributed by atoms with Crippen molar-refractivity contribution in [3.8, 4) is 5.75 Å². The zero-order valence-corrected chi connectivity index (χ0v) is 34.2. The number of phenolic OH excluding ortho intramolecular Hbond substituents is 1. The molecule has 7 unspecified atom stereocenters. The number of carbonyl (C=O) groups is 5. The molecule has 1 fully saturated rings. The van der Waals surface area contributed by atoms with E-state index >= 15 is 0 Å². The Morgan fingerprint density at radius 1 is 1.11 bits per heavy atom. The highest BCUT2D eigenvalue weighted by Gasteiger charge is 2.37. The van der Waals surface area contributed by atoms with Crippen LogP contribution in [0, 0.1) is 17.8 Å². The number of nitrogens with zero attached hydrogens (tertiary/aromatic N) is 2. The van der Waals surface area contributed by atoms with E-state index in [2.05, 4.69) is 16.1 Å². The molecule has 0 radical (unpaired) electrons. The van der Waals surface area contributed by atoms with Gasteiger partial charge in [0.25, 0.3) is 11.8 Å². The Kier molecular flexibility index (Phi) is 18.9. The molecule has 3 rings (SSSR count). The molecule has 0 aliphatic carbocycles. The molecule has 1 saturated heterocycles. The van der Waals surface area contributed by atoms with E-state index in [0.29, 0.717) is 36.8 Å². The van der Waals surface area contributed by atoms with Crippen molar-refractivity contribution >= 4 is 29.6 Å². The van der Waals surface area contributed by atoms with Gasteiger partial charge in [-0.1, -0.05) is 81.5 Å². The number of benzene rings is 1. The Hall–Kier alpha value is -5.05. The number of aliphatic hydroxyl groups excluding tert-OH is 1. The molecule has 2 heterocycles. The Labute approximate surface area is 336 Å². The van der Waals surface area contributed by atoms with Gasteiger partial charge in [-0.15, -0.1) is 0 Å². The van der Waals surface area contributed by atoms with Gasteiger partial charge >= 0.3 is 5.97 Å². The first kappa shape index (κ1) is 46.3. The number of aliphatic hydroxyl groups is 1. The molecule has 312 valence electrons. The van der Waals surface area contributed by atoms with Gasteiger partial charge in [0.2, 0.25) is 11.8 Å². The van der Waals surface area contributed by atoms with E-state index in [0.717, 1.165) is 5.06 Å². The number of allylic oxidation sites excluding steroid dienone is 7. The predicted molar refractivity (Wildman–Crippen MR) is 217 cm³/mol. The van der Waals surface area contributed by atoms with Gasteiger partial charge in [0.05, 0.1) is 19.1 Å². The van der Waals surface area contributed by atoms with Crippen LogP contribution in [0.25, 0.3) is 0 Å². The highest BCUT2D eigenvalue weighted by molar-refractivity contribution is 5.93. The number of nitrogens with one attached hydrogen (secondary N) is 3. The second-order valence-corrected chi connectivity index (χ2v) is 14.9. The number of hydrogen-bond donors (Lipinski definition) is 5. The minimum Gasteiger partial charge on any atom is -0.508 e. The van der Waals surface area contributed by atoms with Crippen LogP contribution in [0.3, 0.4) is 0 Å². The molecule has 5 N–H and O–H groups in total. The SMILES string of the molecule is CC=CCC1C(=O)NC(C(C)C)C(=O)NC(Cc2cccc(O)c2)C(=O)N2CCCC(N2)C(=O)OC(C(C)=CC=CC(=O)N(C)OC)CC=CC=CCC(C)C1O. The standard InChI is InChI=1S/C43H61N5O9/c1-8-9-21-33-39(51)30(5)17-12-10-11-13-23-36(29(4)18-14-24-37(50)47(6)56-7)57-43(55)34-22-16-25-48(46-34)42(54)35(27-31-19-15-20-32(49)26-31)44-41(53)38(28(2)3)45-40(33)52/h8-15,18-20,24,26,28,30,33-36,38-39,46,49,51H,16-17,21-23,25,27H2,1-7H3,(H,44,53)(H,45,52). The van der Waals surface area contributed by atoms with Gasteiger partial charge < -0.3 is 25.6 Å². The molecule has 2 aliphatic rings. The fraction of sp³-hybridized carbons (Fsp3) is 0.512. The molecule has 0 aromatic heterocycles. The van der Waals surface area contributed by atoms with Crippen LogP contribution in [0.2, 0.25) is 0 Å². The molecule has 1 aromatic rings. The van der Waals surface area contributed by atoms with Crippen LogP contribution in [-0.4, -0.2) is 101 Å². The monoisotopic (exact) mass is 791 g/mol. The third-order valence-electron chi connectivity index (χ3n) is 10.1. The first-order valence-corrected chi connectivity index (χ1v) is 19.6. The van der Waals surface area contributed by atoms with Crippen molar-refractivity contribution in [3.63, 3.8) is 0 Å². The van der Waals surface area contributed by atoms with Crippen molar-refractivity contribution in [3.05, 3.63) is 90.1 Å². The van der Waals surface area contributed by atoms with Gasteiger partial charge in [0.1, 0.15) is 30.0 Å². The van der Waals surface area contributed by atoms with E-state index in [1.165, 1.54) is 37.4 Å². The van der Waals surface area contributed by atoms with Gasteiger partial charge in [0.15, 0.2) is 0 Å². The lowest BCUT2D eigenvalue weighted by Crippen LogP contribution is -2.62. The molecular weight excluding hydrogens is 730 g/mol. The normalized spacial score (nSPS) is 26.5. The van der Waals surface area contributed by atoms with Crippen LogP contribution in [0.1, 0.15) is 72.3 Å². The van der Waals surface area contributed by atoms with Gasteiger partial charge in [0, 0.05) is 32.5 Å². The number of fused-ring (bicyclic) bond motifs is 2. The van der Waals surface area contributed by atoms with Crippen LogP contribution < -0.4 is 16.1 Å². The van der Waals surface area contributed by atoms with Crippen LogP contribution in [0.15, 0.2) is 84.5 Å². The fourth-order valence-electron chi connectivity index (χ4n) is 6.49. The predicted octanol–water partition coefficient (Wildman–Crippen LogP) is 3.98. The van der Waals surface area contributed by atoms with Crippen molar-refractivity contribution in [2.24, 2.45) is 17.8 Å². The number of ether oxygens (including phenoxy) is 1. The van der Waals surface area contributed by atoms with Gasteiger partial charge in [-0.05, 0) is 74.6 Å². The molecule has 2 bridgehead atoms. The van der Waals surface area contributed by atoms with Gasteiger partial charge in [-0.25, -0.2) is 10.5 Å². The maximum Gasteiger partial charge on any atom is 0.325 e. The van der Waals surface area contributed by atoms with Crippen LogP contribution in [-0.2, 0) is 40.0 Å². The number of cyclic esters (lactones) is 1. The number of hydrogen-bond acceptors (Lipinski definition) is 10. The number of rotatable bonds is 9. The summed E-state index contributed by atoms with van der Waals surface area (Å²) in [5.74, 6) is -4.13. The maximum atomic E-state index is 14.3. The average molecular weight is 792 g/mol. The first-order valence-electron chi connectivity index (χ1n) is 19.6. The molecule has 1 aromatic carbocycles. The summed E-state index contributed by atoms with van der Waals surface area (Å²) in [6, 6.07) is 3.28. The quantitative estimate of drug-likeness (QED) is 0.0806. The number of aromatic hydroxyl groups is 1. The lowest BCUT2D eigenvalue weighted by Gasteiger charge is -2.36. The lowest BCUT2D eigenvalue weighted by atomic mass is 9.86. The van der Waals surface area contributed by atoms with Gasteiger partial charge in [-0.3, -0.25) is 33.8 Å². The number of hydrazine groups is 1. The second kappa shape index (κ2) is 23.2. The van der Waals surface area contributed by atoms with Gasteiger partial charge in [-0.2, -0.15) is 0 Å². The summed E-state index contributed by atoms with van der Waals surface area (Å²) < 4.78 is 6.04. The number of likely N-dealkylation sites (N-methyl/N-ethyl adjacent to an activating group) is 1. The number of carbonyl (C=O) groups excluding carboxylic acids is 5. The highest BCUT2D eigenvalue weighted by Crippen LogP contribution is 2.23. The lowest BCUT2D eigenvalue weighted by molar-refractivity contribution is -0.162. The minimum absolute atomic E-state index is 0.00723. The van der Waals surface area contributed by atoms with Crippen LogP contribution in [0.4, 0.5) is 0 Å². The Morgan fingerprint density at radius 3 is 2.49 bits per heavy atom. The number of amides is 4. The van der Waals surface area contributed by atoms with Crippen LogP contribution in [0.5, 0.6) is 5.75 Å². The van der Waals surface area contributed by atoms with E-state index in [4.69, 9.17) is 9.57 Å². The summed E-state index contributed by atoms with van der Waals surface area (Å²) in [5, 5.41) is 29.7. The van der Waals surface area contributed by atoms with E-state index in [1.54, 1.807) is 51.1 Å². The van der Waals surface area contributed by atoms with E-state index in [-0.39, 0.29) is 42.9 Å². The zero-order chi connectivity index (χ0) is 42.1. The first-order chi connectivity index (χ1) is 27.2. The fourth-order valence-corrected chi connectivity index (χ4v) is 6.49. The maximum absolute atomic E-state index is 14.3. The zero-order valence-electron chi connectivity index (χ0n) is 34.2. The molecule has 57 heavy (non-hydrogen) atoms. The molecule has 0 saturated carbocycles. The molecule has 2 aliphatic heterocycles. The number of phenols is 1. The molecule has 4 amide bonds. The molecule has 7 atom stereocenters. The smallest absolute Gasteiger partial charge is 0.325 e. The van der Waals surface area contributed by atoms with E-state index in [9.17, 15) is 34.2 Å². The third kappa shape index (κ3) is 14.4. The Bertz CT molecular complexity index is 1690. The summed E-state index contributed by atoms with van der Waals surface area (Å²) in [7, 11) is 2.86. The van der Waals surface area contributed by atoms with E-state index < -0.39 is 59.9 Å². The third-order valence-corrected chi connectivity index (χ3v) is 10.1. The van der Waals surface area contributed by atoms with Crippen molar-refractivity contribution < 1.29 is 43.8 Å². The summed E-state index contributed by atoms with van der Waals surface area (Å²) in [6.45, 7) is 9.27. The van der Waals surface area contributed by atoms with Crippen molar-refractivity contribution in [2.75, 3.05) is 20.7 Å². The number of esters is 1.